The number of benzene rings is 2. The third-order valence-corrected chi connectivity index (χ3v) is 6.66. The maximum atomic E-state index is 13.1. The summed E-state index contributed by atoms with van der Waals surface area (Å²) in [5.74, 6) is 0.351. The predicted molar refractivity (Wildman–Crippen MR) is 121 cm³/mol. The average molecular weight is 472 g/mol. The Bertz CT molecular complexity index is 1070. The van der Waals surface area contributed by atoms with Crippen molar-refractivity contribution >= 4 is 29.3 Å². The molecule has 7 nitrogen and oxygen atoms in total. The van der Waals surface area contributed by atoms with Gasteiger partial charge in [-0.15, -0.1) is 0 Å². The van der Waals surface area contributed by atoms with Crippen LogP contribution < -0.4 is 9.47 Å². The highest BCUT2D eigenvalue weighted by molar-refractivity contribution is 6.31. The van der Waals surface area contributed by atoms with Gasteiger partial charge in [0, 0.05) is 30.5 Å². The third-order valence-electron chi connectivity index (χ3n) is 6.33. The number of esters is 1. The number of nitrogens with zero attached hydrogens (tertiary/aromatic N) is 1. The summed E-state index contributed by atoms with van der Waals surface area (Å²) >= 11 is 6.43. The molecule has 174 valence electrons. The summed E-state index contributed by atoms with van der Waals surface area (Å²) < 4.78 is 15.9. The third kappa shape index (κ3) is 4.69. The SMILES string of the molecule is CN(C(=O)COC(=O)CCc1ccc2c(c1)OCO2)C1(c2ccccc2Cl)CCCCC1=O. The van der Waals surface area contributed by atoms with Gasteiger partial charge in [-0.2, -0.15) is 0 Å². The fraction of sp³-hybridized carbons (Fsp3) is 0.400. The summed E-state index contributed by atoms with van der Waals surface area (Å²) in [5.41, 5.74) is 0.374. The first kappa shape index (κ1) is 23.1. The first-order valence-electron chi connectivity index (χ1n) is 11.0. The first-order valence-corrected chi connectivity index (χ1v) is 11.4. The van der Waals surface area contributed by atoms with Gasteiger partial charge >= 0.3 is 5.97 Å². The van der Waals surface area contributed by atoms with Gasteiger partial charge in [-0.1, -0.05) is 35.9 Å². The van der Waals surface area contributed by atoms with Gasteiger partial charge in [-0.05, 0) is 49.4 Å². The molecule has 1 aliphatic heterocycles. The maximum absolute atomic E-state index is 13.1. The molecule has 0 spiro atoms. The normalized spacial score (nSPS) is 19.3. The predicted octanol–water partition coefficient (Wildman–Crippen LogP) is 4.04. The maximum Gasteiger partial charge on any atom is 0.306 e. The highest BCUT2D eigenvalue weighted by atomic mass is 35.5. The Labute approximate surface area is 197 Å². The van der Waals surface area contributed by atoms with Crippen LogP contribution in [0.1, 0.15) is 43.2 Å². The molecule has 1 fully saturated rings. The van der Waals surface area contributed by atoms with E-state index in [1.54, 1.807) is 37.4 Å². The van der Waals surface area contributed by atoms with E-state index in [-0.39, 0.29) is 19.0 Å². The minimum Gasteiger partial charge on any atom is -0.456 e. The van der Waals surface area contributed by atoms with Crippen LogP contribution in [0.25, 0.3) is 0 Å². The van der Waals surface area contributed by atoms with E-state index >= 15 is 0 Å². The molecular weight excluding hydrogens is 446 g/mol. The van der Waals surface area contributed by atoms with Crippen LogP contribution in [-0.4, -0.2) is 43.0 Å². The van der Waals surface area contributed by atoms with Gasteiger partial charge in [-0.25, -0.2) is 0 Å². The number of ketones is 1. The Balaban J connectivity index is 1.39. The number of hydrogen-bond acceptors (Lipinski definition) is 6. The summed E-state index contributed by atoms with van der Waals surface area (Å²) in [5, 5.41) is 0.438. The molecule has 0 aromatic heterocycles. The highest BCUT2D eigenvalue weighted by Gasteiger charge is 2.48. The van der Waals surface area contributed by atoms with Crippen molar-refractivity contribution in [1.29, 1.82) is 0 Å². The van der Waals surface area contributed by atoms with E-state index in [1.807, 2.05) is 12.1 Å². The van der Waals surface area contributed by atoms with Crippen molar-refractivity contribution in [3.05, 3.63) is 58.6 Å². The minimum absolute atomic E-state index is 0.0492. The molecule has 0 N–H and O–H groups in total. The Hall–Kier alpha value is -3.06. The number of Topliss-reactive ketones (excluding diaryl/α,β-unsaturated/α-hetero) is 1. The second kappa shape index (κ2) is 9.83. The molecule has 0 bridgehead atoms. The number of fused-ring (bicyclic) bond motifs is 1. The molecule has 1 amide bonds. The molecule has 33 heavy (non-hydrogen) atoms. The van der Waals surface area contributed by atoms with Crippen LogP contribution in [0.4, 0.5) is 0 Å². The number of carbonyl (C=O) groups is 3. The van der Waals surface area contributed by atoms with Crippen LogP contribution >= 0.6 is 11.6 Å². The number of likely N-dealkylation sites (N-methyl/N-ethyl adjacent to an activating group) is 1. The van der Waals surface area contributed by atoms with Crippen LogP contribution in [0.3, 0.4) is 0 Å². The zero-order valence-corrected chi connectivity index (χ0v) is 19.2. The summed E-state index contributed by atoms with van der Waals surface area (Å²) in [6, 6.07) is 12.6. The van der Waals surface area contributed by atoms with E-state index < -0.39 is 24.0 Å². The van der Waals surface area contributed by atoms with Crippen LogP contribution in [-0.2, 0) is 31.1 Å². The van der Waals surface area contributed by atoms with Gasteiger partial charge in [0.1, 0.15) is 5.54 Å². The van der Waals surface area contributed by atoms with Crippen molar-refractivity contribution in [3.8, 4) is 11.5 Å². The largest absolute Gasteiger partial charge is 0.456 e. The fourth-order valence-corrected chi connectivity index (χ4v) is 4.79. The molecule has 2 aliphatic rings. The lowest BCUT2D eigenvalue weighted by Crippen LogP contribution is -2.55. The zero-order chi connectivity index (χ0) is 23.4. The van der Waals surface area contributed by atoms with Crippen LogP contribution in [0, 0.1) is 0 Å². The van der Waals surface area contributed by atoms with Crippen molar-refractivity contribution in [2.75, 3.05) is 20.4 Å². The molecule has 2 aromatic rings. The first-order chi connectivity index (χ1) is 15.9. The summed E-state index contributed by atoms with van der Waals surface area (Å²) in [4.78, 5) is 39.8. The molecule has 1 saturated carbocycles. The summed E-state index contributed by atoms with van der Waals surface area (Å²) in [7, 11) is 1.58. The summed E-state index contributed by atoms with van der Waals surface area (Å²) in [6.45, 7) is -0.245. The average Bonchev–Trinajstić information content (AvgIpc) is 3.29. The molecular formula is C25H26ClNO6. The lowest BCUT2D eigenvalue weighted by atomic mass is 9.74. The van der Waals surface area contributed by atoms with E-state index in [9.17, 15) is 14.4 Å². The number of halogens is 1. The van der Waals surface area contributed by atoms with Gasteiger partial charge in [-0.3, -0.25) is 14.4 Å². The van der Waals surface area contributed by atoms with Gasteiger partial charge in [0.25, 0.3) is 5.91 Å². The standard InChI is InChI=1S/C25H26ClNO6/c1-27(25(13-5-4-8-22(25)28)18-6-2-3-7-19(18)26)23(29)15-31-24(30)12-10-17-9-11-20-21(14-17)33-16-32-20/h2-3,6-7,9,11,14H,4-5,8,10,12-13,15-16H2,1H3. The molecule has 8 heteroatoms. The number of ether oxygens (including phenoxy) is 3. The number of hydrogen-bond donors (Lipinski definition) is 0. The minimum atomic E-state index is -1.15. The topological polar surface area (TPSA) is 82.1 Å². The molecule has 1 aliphatic carbocycles. The summed E-state index contributed by atoms with van der Waals surface area (Å²) in [6.07, 6.45) is 2.99. The Morgan fingerprint density at radius 3 is 2.70 bits per heavy atom. The van der Waals surface area contributed by atoms with Gasteiger partial charge in [0.05, 0.1) is 0 Å². The number of rotatable bonds is 7. The van der Waals surface area contributed by atoms with Crippen molar-refractivity contribution in [2.24, 2.45) is 0 Å². The molecule has 1 atom stereocenters. The monoisotopic (exact) mass is 471 g/mol. The van der Waals surface area contributed by atoms with E-state index in [4.69, 9.17) is 25.8 Å². The number of carbonyl (C=O) groups excluding carboxylic acids is 3. The van der Waals surface area contributed by atoms with Crippen molar-refractivity contribution in [1.82, 2.24) is 4.90 Å². The second-order valence-electron chi connectivity index (χ2n) is 8.27. The second-order valence-corrected chi connectivity index (χ2v) is 8.68. The van der Waals surface area contributed by atoms with Crippen LogP contribution in [0.5, 0.6) is 11.5 Å². The lowest BCUT2D eigenvalue weighted by Gasteiger charge is -2.43. The van der Waals surface area contributed by atoms with Gasteiger partial charge < -0.3 is 19.1 Å². The number of aryl methyl sites for hydroxylation is 1. The Morgan fingerprint density at radius 2 is 1.91 bits per heavy atom. The van der Waals surface area contributed by atoms with Crippen LogP contribution in [0.2, 0.25) is 5.02 Å². The lowest BCUT2D eigenvalue weighted by molar-refractivity contribution is -0.157. The van der Waals surface area contributed by atoms with E-state index in [0.717, 1.165) is 18.4 Å². The van der Waals surface area contributed by atoms with E-state index in [2.05, 4.69) is 0 Å². The van der Waals surface area contributed by atoms with Crippen LogP contribution in [0.15, 0.2) is 42.5 Å². The van der Waals surface area contributed by atoms with Crippen molar-refractivity contribution in [3.63, 3.8) is 0 Å². The van der Waals surface area contributed by atoms with E-state index in [0.29, 0.717) is 41.3 Å². The Kier molecular flexibility index (Phi) is 6.88. The van der Waals surface area contributed by atoms with E-state index in [1.165, 1.54) is 4.90 Å². The zero-order valence-electron chi connectivity index (χ0n) is 18.5. The quantitative estimate of drug-likeness (QED) is 0.567. The van der Waals surface area contributed by atoms with Crippen molar-refractivity contribution < 1.29 is 28.6 Å². The Morgan fingerprint density at radius 1 is 1.12 bits per heavy atom. The molecule has 2 aromatic carbocycles. The van der Waals surface area contributed by atoms with Crippen molar-refractivity contribution in [2.45, 2.75) is 44.1 Å². The van der Waals surface area contributed by atoms with Gasteiger partial charge in [0.2, 0.25) is 6.79 Å². The fourth-order valence-electron chi connectivity index (χ4n) is 4.50. The smallest absolute Gasteiger partial charge is 0.306 e. The molecule has 4 rings (SSSR count). The molecule has 1 heterocycles. The molecule has 0 saturated heterocycles. The molecule has 1 unspecified atom stereocenters. The molecule has 0 radical (unpaired) electrons. The number of amides is 1. The highest BCUT2D eigenvalue weighted by Crippen LogP contribution is 2.42. The van der Waals surface area contributed by atoms with Gasteiger partial charge in [0.15, 0.2) is 23.9 Å².